The summed E-state index contributed by atoms with van der Waals surface area (Å²) in [5.74, 6) is 0. The van der Waals surface area contributed by atoms with Crippen LogP contribution in [-0.4, -0.2) is 21.9 Å². The van der Waals surface area contributed by atoms with Crippen LogP contribution in [0.3, 0.4) is 0 Å². The summed E-state index contributed by atoms with van der Waals surface area (Å²) in [4.78, 5) is 0. The second-order valence-electron chi connectivity index (χ2n) is 5.03. The first-order valence-electron chi connectivity index (χ1n) is 6.59. The zero-order valence-corrected chi connectivity index (χ0v) is 10.0. The highest BCUT2D eigenvalue weighted by Crippen LogP contribution is 2.32. The predicted molar refractivity (Wildman–Crippen MR) is 62.8 cm³/mol. The molecule has 0 saturated heterocycles. The zero-order chi connectivity index (χ0) is 11.1. The summed E-state index contributed by atoms with van der Waals surface area (Å²) >= 11 is 0. The first-order chi connectivity index (χ1) is 7.19. The summed E-state index contributed by atoms with van der Waals surface area (Å²) < 4.78 is 0. The van der Waals surface area contributed by atoms with Crippen LogP contribution < -0.4 is 0 Å². The van der Waals surface area contributed by atoms with Crippen molar-refractivity contribution < 1.29 is 10.2 Å². The molecule has 0 amide bonds. The third-order valence-electron chi connectivity index (χ3n) is 3.67. The normalized spacial score (nSPS) is 22.6. The van der Waals surface area contributed by atoms with E-state index in [2.05, 4.69) is 6.92 Å². The lowest BCUT2D eigenvalue weighted by Gasteiger charge is -2.36. The molecule has 2 heteroatoms. The molecule has 1 saturated carbocycles. The minimum Gasteiger partial charge on any atom is -0.390 e. The molecule has 0 bridgehead atoms. The molecule has 0 radical (unpaired) electrons. The second-order valence-corrected chi connectivity index (χ2v) is 5.03. The van der Waals surface area contributed by atoms with E-state index in [0.717, 1.165) is 38.5 Å². The number of unbranched alkanes of at least 4 members (excludes halogenated alkanes) is 3. The molecular formula is C13H26O2. The average Bonchev–Trinajstić information content (AvgIpc) is 2.25. The molecule has 2 nitrogen and oxygen atoms in total. The van der Waals surface area contributed by atoms with Crippen LogP contribution in [0.5, 0.6) is 0 Å². The Labute approximate surface area is 93.7 Å². The first-order valence-corrected chi connectivity index (χ1v) is 6.59. The smallest absolute Gasteiger partial charge is 0.0905 e. The van der Waals surface area contributed by atoms with Crippen LogP contribution in [0.2, 0.25) is 0 Å². The van der Waals surface area contributed by atoms with Crippen LogP contribution >= 0.6 is 0 Å². The lowest BCUT2D eigenvalue weighted by atomic mass is 9.79. The topological polar surface area (TPSA) is 40.5 Å². The van der Waals surface area contributed by atoms with Gasteiger partial charge in [-0.05, 0) is 19.3 Å². The van der Waals surface area contributed by atoms with Crippen LogP contribution in [0.25, 0.3) is 0 Å². The third-order valence-corrected chi connectivity index (χ3v) is 3.67. The Morgan fingerprint density at radius 3 is 2.33 bits per heavy atom. The molecule has 1 rings (SSSR count). The van der Waals surface area contributed by atoms with Crippen molar-refractivity contribution in [2.45, 2.75) is 82.8 Å². The van der Waals surface area contributed by atoms with Gasteiger partial charge in [-0.2, -0.15) is 0 Å². The number of hydrogen-bond acceptors (Lipinski definition) is 2. The summed E-state index contributed by atoms with van der Waals surface area (Å²) in [5, 5.41) is 20.2. The van der Waals surface area contributed by atoms with Crippen LogP contribution in [0, 0.1) is 0 Å². The lowest BCUT2D eigenvalue weighted by molar-refractivity contribution is -0.100. The number of hydrogen-bond donors (Lipinski definition) is 2. The number of aliphatic hydroxyl groups excluding tert-OH is 1. The number of aliphatic hydroxyl groups is 2. The largest absolute Gasteiger partial charge is 0.390 e. The Bertz CT molecular complexity index is 162. The van der Waals surface area contributed by atoms with Crippen molar-refractivity contribution in [3.8, 4) is 0 Å². The van der Waals surface area contributed by atoms with Gasteiger partial charge in [0.05, 0.1) is 11.7 Å². The van der Waals surface area contributed by atoms with Gasteiger partial charge in [0.1, 0.15) is 0 Å². The SMILES string of the molecule is CCCCCCC(O)C1(O)CCCCC1. The van der Waals surface area contributed by atoms with Crippen molar-refractivity contribution in [2.75, 3.05) is 0 Å². The summed E-state index contributed by atoms with van der Waals surface area (Å²) in [7, 11) is 0. The molecule has 0 spiro atoms. The van der Waals surface area contributed by atoms with Crippen molar-refractivity contribution >= 4 is 0 Å². The Kier molecular flexibility index (Phi) is 5.62. The molecule has 1 atom stereocenters. The van der Waals surface area contributed by atoms with E-state index < -0.39 is 11.7 Å². The molecule has 1 aliphatic carbocycles. The van der Waals surface area contributed by atoms with Gasteiger partial charge in [0.15, 0.2) is 0 Å². The van der Waals surface area contributed by atoms with E-state index in [4.69, 9.17) is 0 Å². The van der Waals surface area contributed by atoms with E-state index in [9.17, 15) is 10.2 Å². The van der Waals surface area contributed by atoms with Crippen LogP contribution in [-0.2, 0) is 0 Å². The quantitative estimate of drug-likeness (QED) is 0.667. The molecule has 0 aliphatic heterocycles. The summed E-state index contributed by atoms with van der Waals surface area (Å²) in [6, 6.07) is 0. The van der Waals surface area contributed by atoms with Gasteiger partial charge in [-0.15, -0.1) is 0 Å². The van der Waals surface area contributed by atoms with E-state index in [1.165, 1.54) is 25.7 Å². The molecular weight excluding hydrogens is 188 g/mol. The van der Waals surface area contributed by atoms with Gasteiger partial charge in [-0.1, -0.05) is 51.9 Å². The van der Waals surface area contributed by atoms with Gasteiger partial charge in [0, 0.05) is 0 Å². The van der Waals surface area contributed by atoms with Crippen molar-refractivity contribution in [1.82, 2.24) is 0 Å². The standard InChI is InChI=1S/C13H26O2/c1-2-3-4-6-9-12(14)13(15)10-7-5-8-11-13/h12,14-15H,2-11H2,1H3. The van der Waals surface area contributed by atoms with Crippen LogP contribution in [0.1, 0.15) is 71.1 Å². The highest BCUT2D eigenvalue weighted by Gasteiger charge is 2.35. The lowest BCUT2D eigenvalue weighted by Crippen LogP contribution is -2.43. The maximum atomic E-state index is 10.2. The monoisotopic (exact) mass is 214 g/mol. The fourth-order valence-corrected chi connectivity index (χ4v) is 2.53. The van der Waals surface area contributed by atoms with E-state index in [-0.39, 0.29) is 0 Å². The Hall–Kier alpha value is -0.0800. The van der Waals surface area contributed by atoms with Crippen LogP contribution in [0.4, 0.5) is 0 Å². The van der Waals surface area contributed by atoms with Gasteiger partial charge in [-0.3, -0.25) is 0 Å². The minimum atomic E-state index is -0.759. The molecule has 90 valence electrons. The van der Waals surface area contributed by atoms with E-state index >= 15 is 0 Å². The third kappa shape index (κ3) is 4.12. The predicted octanol–water partition coefficient (Wildman–Crippen LogP) is 3.01. The molecule has 1 aliphatic rings. The second kappa shape index (κ2) is 6.49. The molecule has 1 fully saturated rings. The Morgan fingerprint density at radius 1 is 1.07 bits per heavy atom. The van der Waals surface area contributed by atoms with Gasteiger partial charge in [0.2, 0.25) is 0 Å². The van der Waals surface area contributed by atoms with E-state index in [0.29, 0.717) is 0 Å². The molecule has 0 aromatic heterocycles. The molecule has 0 aromatic rings. The fourth-order valence-electron chi connectivity index (χ4n) is 2.53. The fraction of sp³-hybridized carbons (Fsp3) is 1.00. The molecule has 15 heavy (non-hydrogen) atoms. The number of rotatable bonds is 6. The minimum absolute atomic E-state index is 0.491. The zero-order valence-electron chi connectivity index (χ0n) is 10.0. The maximum absolute atomic E-state index is 10.2. The maximum Gasteiger partial charge on any atom is 0.0905 e. The molecule has 0 heterocycles. The van der Waals surface area contributed by atoms with Gasteiger partial charge < -0.3 is 10.2 Å². The Balaban J connectivity index is 2.22. The van der Waals surface area contributed by atoms with Crippen molar-refractivity contribution in [1.29, 1.82) is 0 Å². The van der Waals surface area contributed by atoms with Gasteiger partial charge in [0.25, 0.3) is 0 Å². The molecule has 0 aromatic carbocycles. The summed E-state index contributed by atoms with van der Waals surface area (Å²) in [6.45, 7) is 2.19. The first kappa shape index (κ1) is 13.0. The average molecular weight is 214 g/mol. The summed E-state index contributed by atoms with van der Waals surface area (Å²) in [6.07, 6.45) is 9.93. The summed E-state index contributed by atoms with van der Waals surface area (Å²) in [5.41, 5.74) is -0.759. The van der Waals surface area contributed by atoms with E-state index in [1.54, 1.807) is 0 Å². The van der Waals surface area contributed by atoms with Crippen molar-refractivity contribution in [3.63, 3.8) is 0 Å². The Morgan fingerprint density at radius 2 is 1.73 bits per heavy atom. The highest BCUT2D eigenvalue weighted by atomic mass is 16.3. The van der Waals surface area contributed by atoms with E-state index in [1.807, 2.05) is 0 Å². The highest BCUT2D eigenvalue weighted by molar-refractivity contribution is 4.88. The molecule has 2 N–H and O–H groups in total. The van der Waals surface area contributed by atoms with Gasteiger partial charge in [-0.25, -0.2) is 0 Å². The van der Waals surface area contributed by atoms with Gasteiger partial charge >= 0.3 is 0 Å². The molecule has 1 unspecified atom stereocenters. The van der Waals surface area contributed by atoms with Crippen molar-refractivity contribution in [2.24, 2.45) is 0 Å². The van der Waals surface area contributed by atoms with Crippen LogP contribution in [0.15, 0.2) is 0 Å². The van der Waals surface area contributed by atoms with Crippen molar-refractivity contribution in [3.05, 3.63) is 0 Å².